The Morgan fingerprint density at radius 3 is 2.51 bits per heavy atom. The summed E-state index contributed by atoms with van der Waals surface area (Å²) in [5, 5.41) is 23.8. The molecule has 0 aliphatic rings. The van der Waals surface area contributed by atoms with Gasteiger partial charge in [-0.15, -0.1) is 11.3 Å². The van der Waals surface area contributed by atoms with Gasteiger partial charge in [0.1, 0.15) is 5.01 Å². The number of amides is 2. The van der Waals surface area contributed by atoms with Crippen molar-refractivity contribution in [3.8, 4) is 0 Å². The lowest BCUT2D eigenvalue weighted by Crippen LogP contribution is -2.48. The molecule has 4 aromatic rings. The highest BCUT2D eigenvalue weighted by Crippen LogP contribution is 2.15. The summed E-state index contributed by atoms with van der Waals surface area (Å²) in [7, 11) is 1.71. The highest BCUT2D eigenvalue weighted by atomic mass is 32.1. The number of rotatable bonds is 12. The molecule has 0 saturated carbocycles. The number of hydrogen-bond acceptors (Lipinski definition) is 8. The molecular weight excluding hydrogens is 514 g/mol. The minimum absolute atomic E-state index is 0.203. The van der Waals surface area contributed by atoms with Crippen LogP contribution >= 0.6 is 11.3 Å². The average Bonchev–Trinajstić information content (AvgIpc) is 3.55. The second kappa shape index (κ2) is 13.3. The number of nitrogens with one attached hydrogen (secondary N) is 2. The monoisotopic (exact) mass is 547 g/mol. The van der Waals surface area contributed by atoms with Crippen molar-refractivity contribution < 1.29 is 19.2 Å². The molecule has 0 saturated heterocycles. The Kier molecular flexibility index (Phi) is 9.59. The molecule has 0 bridgehead atoms. The van der Waals surface area contributed by atoms with E-state index in [1.807, 2.05) is 55.6 Å². The molecule has 2 aromatic heterocycles. The second-order valence-corrected chi connectivity index (χ2v) is 10.5. The van der Waals surface area contributed by atoms with Gasteiger partial charge in [0.25, 0.3) is 11.8 Å². The van der Waals surface area contributed by atoms with Crippen LogP contribution in [0, 0.1) is 13.8 Å². The van der Waals surface area contributed by atoms with Crippen molar-refractivity contribution in [2.45, 2.75) is 45.5 Å². The van der Waals surface area contributed by atoms with E-state index in [0.717, 1.165) is 22.0 Å². The van der Waals surface area contributed by atoms with Gasteiger partial charge in [0.15, 0.2) is 5.76 Å². The average molecular weight is 548 g/mol. The zero-order valence-electron chi connectivity index (χ0n) is 22.3. The van der Waals surface area contributed by atoms with Crippen LogP contribution in [0.2, 0.25) is 0 Å². The fraction of sp³-hybridized carbons (Fsp3) is 0.310. The predicted molar refractivity (Wildman–Crippen MR) is 149 cm³/mol. The van der Waals surface area contributed by atoms with Crippen molar-refractivity contribution >= 4 is 23.2 Å². The highest BCUT2D eigenvalue weighted by molar-refractivity contribution is 7.09. The summed E-state index contributed by atoms with van der Waals surface area (Å²) < 4.78 is 5.21. The van der Waals surface area contributed by atoms with Crippen molar-refractivity contribution in [1.82, 2.24) is 25.7 Å². The first-order valence-electron chi connectivity index (χ1n) is 12.7. The number of thiazole rings is 1. The van der Waals surface area contributed by atoms with Gasteiger partial charge in [-0.05, 0) is 44.0 Å². The number of nitrogens with zero attached hydrogens (tertiary/aromatic N) is 3. The molecule has 204 valence electrons. The molecule has 4 rings (SSSR count). The number of aromatic nitrogens is 2. The summed E-state index contributed by atoms with van der Waals surface area (Å²) in [6.45, 7) is 4.79. The van der Waals surface area contributed by atoms with Gasteiger partial charge in [-0.2, -0.15) is 0 Å². The van der Waals surface area contributed by atoms with Crippen LogP contribution in [0.3, 0.4) is 0 Å². The van der Waals surface area contributed by atoms with Crippen molar-refractivity contribution in [3.63, 3.8) is 0 Å². The van der Waals surface area contributed by atoms with Gasteiger partial charge in [0.2, 0.25) is 0 Å². The number of aliphatic hydroxyl groups excluding tert-OH is 1. The van der Waals surface area contributed by atoms with Gasteiger partial charge < -0.3 is 25.2 Å². The van der Waals surface area contributed by atoms with Crippen LogP contribution in [-0.2, 0) is 19.5 Å². The van der Waals surface area contributed by atoms with Gasteiger partial charge in [-0.25, -0.2) is 4.98 Å². The SMILES string of the molecule is Cc1cc(CNCC(O)C(Cc2ccccc2)NC(=O)c2cccc(C(=O)N(C)Cc3nc(C)cs3)c2)on1. The fourth-order valence-electron chi connectivity index (χ4n) is 4.15. The molecule has 0 aliphatic carbocycles. The number of benzene rings is 2. The lowest BCUT2D eigenvalue weighted by molar-refractivity contribution is 0.0784. The molecule has 2 atom stereocenters. The maximum Gasteiger partial charge on any atom is 0.253 e. The summed E-state index contributed by atoms with van der Waals surface area (Å²) in [6, 6.07) is 17.5. The molecule has 0 spiro atoms. The van der Waals surface area contributed by atoms with Crippen LogP contribution in [0.5, 0.6) is 0 Å². The second-order valence-electron chi connectivity index (χ2n) is 9.53. The molecule has 0 radical (unpaired) electrons. The van der Waals surface area contributed by atoms with E-state index in [1.54, 1.807) is 36.2 Å². The van der Waals surface area contributed by atoms with Crippen LogP contribution < -0.4 is 10.6 Å². The van der Waals surface area contributed by atoms with Crippen LogP contribution in [0.1, 0.15) is 48.4 Å². The highest BCUT2D eigenvalue weighted by Gasteiger charge is 2.23. The Bertz CT molecular complexity index is 1390. The van der Waals surface area contributed by atoms with Gasteiger partial charge >= 0.3 is 0 Å². The molecule has 2 heterocycles. The smallest absolute Gasteiger partial charge is 0.253 e. The zero-order chi connectivity index (χ0) is 27.8. The quantitative estimate of drug-likeness (QED) is 0.248. The number of carbonyl (C=O) groups excluding carboxylic acids is 2. The standard InChI is InChI=1S/C29H33N5O4S/c1-19-12-24(38-33-19)15-30-16-26(35)25(13-21-8-5-4-6-9-21)32-28(36)22-10-7-11-23(14-22)29(37)34(3)17-27-31-20(2)18-39-27/h4-12,14,18,25-26,30,35H,13,15-17H2,1-3H3,(H,32,36). The predicted octanol–water partition coefficient (Wildman–Crippen LogP) is 3.51. The van der Waals surface area contributed by atoms with Gasteiger partial charge in [-0.1, -0.05) is 41.6 Å². The summed E-state index contributed by atoms with van der Waals surface area (Å²) in [6.07, 6.45) is -0.443. The largest absolute Gasteiger partial charge is 0.390 e. The van der Waals surface area contributed by atoms with E-state index in [2.05, 4.69) is 20.8 Å². The first-order chi connectivity index (χ1) is 18.8. The molecule has 2 unspecified atom stereocenters. The zero-order valence-corrected chi connectivity index (χ0v) is 23.1. The molecule has 3 N–H and O–H groups in total. The minimum atomic E-state index is -0.879. The van der Waals surface area contributed by atoms with E-state index in [1.165, 1.54) is 11.3 Å². The third-order valence-electron chi connectivity index (χ3n) is 6.17. The van der Waals surface area contributed by atoms with Crippen molar-refractivity contribution in [2.24, 2.45) is 0 Å². The molecule has 2 amide bonds. The first-order valence-corrected chi connectivity index (χ1v) is 13.6. The fourth-order valence-corrected chi connectivity index (χ4v) is 4.98. The van der Waals surface area contributed by atoms with E-state index in [4.69, 9.17) is 4.52 Å². The number of hydrogen-bond donors (Lipinski definition) is 3. The van der Waals surface area contributed by atoms with Crippen molar-refractivity contribution in [2.75, 3.05) is 13.6 Å². The molecule has 9 nitrogen and oxygen atoms in total. The third kappa shape index (κ3) is 8.06. The van der Waals surface area contributed by atoms with Gasteiger partial charge in [0.05, 0.1) is 30.9 Å². The normalized spacial score (nSPS) is 12.6. The van der Waals surface area contributed by atoms with E-state index in [-0.39, 0.29) is 18.4 Å². The van der Waals surface area contributed by atoms with E-state index >= 15 is 0 Å². The van der Waals surface area contributed by atoms with Crippen LogP contribution in [0.25, 0.3) is 0 Å². The van der Waals surface area contributed by atoms with Crippen LogP contribution in [-0.4, -0.2) is 57.7 Å². The molecule has 2 aromatic carbocycles. The Morgan fingerprint density at radius 1 is 1.05 bits per heavy atom. The molecule has 39 heavy (non-hydrogen) atoms. The van der Waals surface area contributed by atoms with E-state index < -0.39 is 12.1 Å². The molecular formula is C29H33N5O4S. The lowest BCUT2D eigenvalue weighted by Gasteiger charge is -2.25. The first kappa shape index (κ1) is 28.2. The maximum atomic E-state index is 13.3. The van der Waals surface area contributed by atoms with Crippen LogP contribution in [0.15, 0.2) is 70.6 Å². The minimum Gasteiger partial charge on any atom is -0.390 e. The molecule has 0 aliphatic heterocycles. The van der Waals surface area contributed by atoms with E-state index in [0.29, 0.717) is 36.4 Å². The maximum absolute atomic E-state index is 13.3. The topological polar surface area (TPSA) is 121 Å². The third-order valence-corrected chi connectivity index (χ3v) is 7.12. The van der Waals surface area contributed by atoms with E-state index in [9.17, 15) is 14.7 Å². The number of carbonyl (C=O) groups is 2. The van der Waals surface area contributed by atoms with Crippen LogP contribution in [0.4, 0.5) is 0 Å². The van der Waals surface area contributed by atoms with Gasteiger partial charge in [0, 0.05) is 41.9 Å². The summed E-state index contributed by atoms with van der Waals surface area (Å²) in [5.41, 5.74) is 3.43. The Hall–Kier alpha value is -3.86. The van der Waals surface area contributed by atoms with Crippen molar-refractivity contribution in [1.29, 1.82) is 0 Å². The molecule has 0 fully saturated rings. The van der Waals surface area contributed by atoms with Gasteiger partial charge in [-0.3, -0.25) is 9.59 Å². The number of aliphatic hydroxyl groups is 1. The summed E-state index contributed by atoms with van der Waals surface area (Å²) in [5.74, 6) is 0.0960. The Balaban J connectivity index is 1.42. The summed E-state index contributed by atoms with van der Waals surface area (Å²) >= 11 is 1.51. The summed E-state index contributed by atoms with van der Waals surface area (Å²) in [4.78, 5) is 32.3. The Morgan fingerprint density at radius 2 is 1.82 bits per heavy atom. The molecule has 10 heteroatoms. The lowest BCUT2D eigenvalue weighted by atomic mass is 10.00. The Labute approximate surface area is 231 Å². The number of aryl methyl sites for hydroxylation is 2. The van der Waals surface area contributed by atoms with Crippen molar-refractivity contribution in [3.05, 3.63) is 105 Å².